The van der Waals surface area contributed by atoms with Gasteiger partial charge < -0.3 is 5.73 Å². The lowest BCUT2D eigenvalue weighted by molar-refractivity contribution is 0.560. The fraction of sp³-hybridized carbons (Fsp3) is 0.308. The second kappa shape index (κ2) is 5.33. The zero-order valence-corrected chi connectivity index (χ0v) is 13.0. The minimum absolute atomic E-state index is 0. The molecule has 0 spiro atoms. The number of nitrogens with two attached hydrogens (primary N) is 1. The van der Waals surface area contributed by atoms with Gasteiger partial charge in [0.15, 0.2) is 0 Å². The third-order valence-corrected chi connectivity index (χ3v) is 3.05. The molecule has 0 aliphatic heterocycles. The number of halogens is 2. The molecule has 0 bridgehead atoms. The van der Waals surface area contributed by atoms with E-state index < -0.39 is 0 Å². The summed E-state index contributed by atoms with van der Waals surface area (Å²) in [6, 6.07) is 9.86. The summed E-state index contributed by atoms with van der Waals surface area (Å²) in [6.45, 7) is 6.38. The summed E-state index contributed by atoms with van der Waals surface area (Å²) in [5.74, 6) is 0.660. The highest BCUT2D eigenvalue weighted by Gasteiger charge is 2.19. The lowest BCUT2D eigenvalue weighted by Crippen LogP contribution is -2.12. The second-order valence-corrected chi connectivity index (χ2v) is 6.01. The van der Waals surface area contributed by atoms with Crippen molar-refractivity contribution in [2.75, 3.05) is 5.73 Å². The zero-order chi connectivity index (χ0) is 12.6. The van der Waals surface area contributed by atoms with Crippen LogP contribution in [0, 0.1) is 0 Å². The maximum atomic E-state index is 6.01. The Kier molecular flexibility index (Phi) is 4.46. The van der Waals surface area contributed by atoms with E-state index in [9.17, 15) is 0 Å². The Morgan fingerprint density at radius 3 is 2.39 bits per heavy atom. The normalized spacial score (nSPS) is 11.1. The van der Waals surface area contributed by atoms with E-state index in [-0.39, 0.29) is 17.8 Å². The largest absolute Gasteiger partial charge is 0.384 e. The van der Waals surface area contributed by atoms with Crippen molar-refractivity contribution in [3.05, 3.63) is 40.5 Å². The number of nitrogens with zero attached hydrogens (tertiary/aromatic N) is 2. The molecular weight excluding hydrogens is 314 g/mol. The summed E-state index contributed by atoms with van der Waals surface area (Å²) in [4.78, 5) is 0. The van der Waals surface area contributed by atoms with Gasteiger partial charge in [0.25, 0.3) is 0 Å². The van der Waals surface area contributed by atoms with Gasteiger partial charge in [0.1, 0.15) is 5.82 Å². The topological polar surface area (TPSA) is 43.8 Å². The number of aromatic nitrogens is 2. The van der Waals surface area contributed by atoms with Gasteiger partial charge >= 0.3 is 0 Å². The highest BCUT2D eigenvalue weighted by molar-refractivity contribution is 9.10. The van der Waals surface area contributed by atoms with Crippen LogP contribution in [-0.2, 0) is 5.41 Å². The Balaban J connectivity index is 0.00000162. The van der Waals surface area contributed by atoms with E-state index in [1.807, 2.05) is 30.3 Å². The van der Waals surface area contributed by atoms with Crippen LogP contribution < -0.4 is 5.73 Å². The van der Waals surface area contributed by atoms with Gasteiger partial charge in [0.05, 0.1) is 11.4 Å². The van der Waals surface area contributed by atoms with Gasteiger partial charge in [0, 0.05) is 16.0 Å². The molecule has 18 heavy (non-hydrogen) atoms. The molecule has 0 atom stereocenters. The average Bonchev–Trinajstić information content (AvgIpc) is 2.60. The molecule has 98 valence electrons. The van der Waals surface area contributed by atoms with Crippen LogP contribution in [0.5, 0.6) is 0 Å². The molecule has 0 amide bonds. The van der Waals surface area contributed by atoms with Crippen LogP contribution >= 0.6 is 28.3 Å². The Bertz CT molecular complexity index is 543. The number of anilines is 1. The fourth-order valence-corrected chi connectivity index (χ4v) is 1.96. The summed E-state index contributed by atoms with van der Waals surface area (Å²) in [5.41, 5.74) is 7.97. The first-order valence-corrected chi connectivity index (χ1v) is 6.29. The minimum Gasteiger partial charge on any atom is -0.384 e. The number of hydrogen-bond donors (Lipinski definition) is 1. The number of hydrogen-bond acceptors (Lipinski definition) is 2. The van der Waals surface area contributed by atoms with Crippen LogP contribution in [0.3, 0.4) is 0 Å². The van der Waals surface area contributed by atoms with Crippen LogP contribution in [0.15, 0.2) is 34.8 Å². The fourth-order valence-electron chi connectivity index (χ4n) is 1.58. The van der Waals surface area contributed by atoms with E-state index in [2.05, 4.69) is 41.8 Å². The highest BCUT2D eigenvalue weighted by Crippen LogP contribution is 2.25. The zero-order valence-electron chi connectivity index (χ0n) is 10.6. The van der Waals surface area contributed by atoms with Gasteiger partial charge in [-0.2, -0.15) is 5.10 Å². The van der Waals surface area contributed by atoms with Crippen LogP contribution in [0.4, 0.5) is 5.82 Å². The Morgan fingerprint density at radius 2 is 1.89 bits per heavy atom. The molecule has 0 saturated carbocycles. The van der Waals surface area contributed by atoms with Crippen molar-refractivity contribution in [1.29, 1.82) is 0 Å². The third kappa shape index (κ3) is 3.06. The Morgan fingerprint density at radius 1 is 1.22 bits per heavy atom. The van der Waals surface area contributed by atoms with Gasteiger partial charge in [-0.3, -0.25) is 0 Å². The lowest BCUT2D eigenvalue weighted by Gasteiger charge is -2.14. The van der Waals surface area contributed by atoms with E-state index in [1.54, 1.807) is 4.68 Å². The maximum absolute atomic E-state index is 6.01. The van der Waals surface area contributed by atoms with Crippen molar-refractivity contribution < 1.29 is 0 Å². The summed E-state index contributed by atoms with van der Waals surface area (Å²) in [5, 5.41) is 4.56. The van der Waals surface area contributed by atoms with E-state index in [1.165, 1.54) is 0 Å². The standard InChI is InChI=1S/C13H16BrN3.ClH/c1-13(2,3)11-8-12(15)17(16-11)10-6-4-5-9(14)7-10;/h4-8H,15H2,1-3H3;1H. The second-order valence-electron chi connectivity index (χ2n) is 5.10. The quantitative estimate of drug-likeness (QED) is 0.861. The molecule has 1 aromatic heterocycles. The van der Waals surface area contributed by atoms with Crippen molar-refractivity contribution in [3.8, 4) is 5.69 Å². The first-order chi connectivity index (χ1) is 7.88. The predicted molar refractivity (Wildman–Crippen MR) is 81.6 cm³/mol. The minimum atomic E-state index is 0. The van der Waals surface area contributed by atoms with Crippen LogP contribution in [-0.4, -0.2) is 9.78 Å². The molecule has 3 nitrogen and oxygen atoms in total. The molecule has 1 aromatic carbocycles. The van der Waals surface area contributed by atoms with E-state index in [0.717, 1.165) is 15.9 Å². The average molecular weight is 331 g/mol. The van der Waals surface area contributed by atoms with Crippen molar-refractivity contribution >= 4 is 34.2 Å². The molecule has 0 radical (unpaired) electrons. The van der Waals surface area contributed by atoms with E-state index in [0.29, 0.717) is 5.82 Å². The Labute approximate surface area is 122 Å². The summed E-state index contributed by atoms with van der Waals surface area (Å²) in [7, 11) is 0. The molecule has 5 heteroatoms. The molecule has 0 unspecified atom stereocenters. The van der Waals surface area contributed by atoms with Crippen LogP contribution in [0.1, 0.15) is 26.5 Å². The van der Waals surface area contributed by atoms with Crippen molar-refractivity contribution in [2.45, 2.75) is 26.2 Å². The molecule has 0 fully saturated rings. The summed E-state index contributed by atoms with van der Waals surface area (Å²) >= 11 is 3.45. The third-order valence-electron chi connectivity index (χ3n) is 2.56. The first-order valence-electron chi connectivity index (χ1n) is 5.50. The SMILES string of the molecule is CC(C)(C)c1cc(N)n(-c2cccc(Br)c2)n1.Cl. The first kappa shape index (κ1) is 15.1. The molecule has 2 rings (SSSR count). The van der Waals surface area contributed by atoms with Gasteiger partial charge in [-0.15, -0.1) is 12.4 Å². The summed E-state index contributed by atoms with van der Waals surface area (Å²) < 4.78 is 2.79. The molecule has 2 aromatic rings. The highest BCUT2D eigenvalue weighted by atomic mass is 79.9. The number of rotatable bonds is 1. The molecule has 0 aliphatic rings. The van der Waals surface area contributed by atoms with Crippen molar-refractivity contribution in [1.82, 2.24) is 9.78 Å². The predicted octanol–water partition coefficient (Wildman–Crippen LogP) is 3.94. The van der Waals surface area contributed by atoms with Crippen molar-refractivity contribution in [2.24, 2.45) is 0 Å². The van der Waals surface area contributed by atoms with Gasteiger partial charge in [-0.05, 0) is 18.2 Å². The number of benzene rings is 1. The smallest absolute Gasteiger partial charge is 0.127 e. The van der Waals surface area contributed by atoms with Crippen molar-refractivity contribution in [3.63, 3.8) is 0 Å². The number of nitrogen functional groups attached to an aromatic ring is 1. The van der Waals surface area contributed by atoms with Gasteiger partial charge in [-0.1, -0.05) is 42.8 Å². The van der Waals surface area contributed by atoms with E-state index >= 15 is 0 Å². The monoisotopic (exact) mass is 329 g/mol. The van der Waals surface area contributed by atoms with Crippen LogP contribution in [0.25, 0.3) is 5.69 Å². The lowest BCUT2D eigenvalue weighted by atomic mass is 9.92. The molecule has 0 aliphatic carbocycles. The Hall–Kier alpha value is -1.000. The maximum Gasteiger partial charge on any atom is 0.127 e. The summed E-state index contributed by atoms with van der Waals surface area (Å²) in [6.07, 6.45) is 0. The van der Waals surface area contributed by atoms with Crippen LogP contribution in [0.2, 0.25) is 0 Å². The van der Waals surface area contributed by atoms with E-state index in [4.69, 9.17) is 5.73 Å². The molecule has 0 saturated heterocycles. The van der Waals surface area contributed by atoms with Gasteiger partial charge in [0.2, 0.25) is 0 Å². The molecular formula is C13H17BrClN3. The molecule has 1 heterocycles. The van der Waals surface area contributed by atoms with Gasteiger partial charge in [-0.25, -0.2) is 4.68 Å². The molecule has 2 N–H and O–H groups in total.